The Labute approximate surface area is 142 Å². The Bertz CT molecular complexity index is 590. The van der Waals surface area contributed by atoms with E-state index in [0.717, 1.165) is 6.42 Å². The molecule has 0 aromatic heterocycles. The molecule has 2 saturated carbocycles. The van der Waals surface area contributed by atoms with E-state index in [2.05, 4.69) is 0 Å². The molecule has 1 spiro atoms. The third-order valence-corrected chi connectivity index (χ3v) is 6.24. The molecule has 0 aromatic rings. The van der Waals surface area contributed by atoms with E-state index in [1.54, 1.807) is 0 Å². The molecule has 0 N–H and O–H groups in total. The van der Waals surface area contributed by atoms with E-state index in [1.807, 2.05) is 20.8 Å². The molecule has 0 aromatic carbocycles. The number of esters is 2. The van der Waals surface area contributed by atoms with E-state index in [9.17, 15) is 14.4 Å². The highest BCUT2D eigenvalue weighted by Gasteiger charge is 2.69. The maximum Gasteiger partial charge on any atom is 0.303 e. The van der Waals surface area contributed by atoms with Crippen LogP contribution in [0, 0.1) is 16.7 Å². The fourth-order valence-corrected chi connectivity index (χ4v) is 5.20. The van der Waals surface area contributed by atoms with Crippen LogP contribution in [0.2, 0.25) is 0 Å². The van der Waals surface area contributed by atoms with Gasteiger partial charge in [-0.05, 0) is 18.8 Å². The Morgan fingerprint density at radius 1 is 1.12 bits per heavy atom. The van der Waals surface area contributed by atoms with Crippen LogP contribution in [0.25, 0.3) is 0 Å². The number of hydrogen-bond donors (Lipinski definition) is 0. The molecule has 3 rings (SSSR count). The molecule has 2 aliphatic carbocycles. The first-order valence-electron chi connectivity index (χ1n) is 8.56. The highest BCUT2D eigenvalue weighted by atomic mass is 16.6. The van der Waals surface area contributed by atoms with Crippen molar-refractivity contribution in [3.8, 4) is 0 Å². The molecule has 134 valence electrons. The summed E-state index contributed by atoms with van der Waals surface area (Å²) in [7, 11) is 0. The molecule has 0 radical (unpaired) electrons. The van der Waals surface area contributed by atoms with Gasteiger partial charge in [-0.2, -0.15) is 0 Å². The summed E-state index contributed by atoms with van der Waals surface area (Å²) in [5.74, 6) is -0.685. The first-order chi connectivity index (χ1) is 11.0. The van der Waals surface area contributed by atoms with E-state index < -0.39 is 40.6 Å². The van der Waals surface area contributed by atoms with E-state index in [0.29, 0.717) is 19.4 Å². The van der Waals surface area contributed by atoms with E-state index >= 15 is 0 Å². The molecule has 1 aliphatic heterocycles. The van der Waals surface area contributed by atoms with Gasteiger partial charge in [0.2, 0.25) is 0 Å². The molecule has 24 heavy (non-hydrogen) atoms. The van der Waals surface area contributed by atoms with Gasteiger partial charge < -0.3 is 14.2 Å². The number of hydrogen-bond acceptors (Lipinski definition) is 6. The fraction of sp³-hybridized carbons (Fsp3) is 0.833. The standard InChI is InChI=1S/C18H26O6/c1-10(19)23-12-8-17(5)13(6-7-18(9-22-18)15(17)21)16(3,4)14(12)24-11(2)20/h12-14H,6-9H2,1-5H3/t12-,13?,14+,17+,18-/m1/s1. The van der Waals surface area contributed by atoms with Crippen LogP contribution in [0.5, 0.6) is 0 Å². The van der Waals surface area contributed by atoms with Crippen molar-refractivity contribution in [2.24, 2.45) is 16.7 Å². The summed E-state index contributed by atoms with van der Waals surface area (Å²) >= 11 is 0. The first-order valence-corrected chi connectivity index (χ1v) is 8.56. The van der Waals surface area contributed by atoms with E-state index in [1.165, 1.54) is 13.8 Å². The lowest BCUT2D eigenvalue weighted by Gasteiger charge is -2.57. The molecule has 3 aliphatic rings. The molecule has 1 unspecified atom stereocenters. The third kappa shape index (κ3) is 2.46. The van der Waals surface area contributed by atoms with Crippen molar-refractivity contribution >= 4 is 17.7 Å². The quantitative estimate of drug-likeness (QED) is 0.566. The van der Waals surface area contributed by atoms with Crippen LogP contribution < -0.4 is 0 Å². The summed E-state index contributed by atoms with van der Waals surface area (Å²) in [5.41, 5.74) is -1.75. The Kier molecular flexibility index (Phi) is 3.83. The number of carbonyl (C=O) groups is 3. The predicted octanol–water partition coefficient (Wildman–Crippen LogP) is 2.03. The number of Topliss-reactive ketones (excluding diaryl/α,β-unsaturated/α-hetero) is 1. The van der Waals surface area contributed by atoms with Crippen molar-refractivity contribution < 1.29 is 28.6 Å². The Morgan fingerprint density at radius 3 is 2.21 bits per heavy atom. The average Bonchev–Trinajstić information content (AvgIpc) is 3.20. The van der Waals surface area contributed by atoms with Crippen LogP contribution in [0.4, 0.5) is 0 Å². The lowest BCUT2D eigenvalue weighted by atomic mass is 9.48. The maximum absolute atomic E-state index is 13.1. The predicted molar refractivity (Wildman–Crippen MR) is 84.0 cm³/mol. The molecule has 3 fully saturated rings. The van der Waals surface area contributed by atoms with Crippen LogP contribution in [-0.2, 0) is 28.6 Å². The van der Waals surface area contributed by atoms with Crippen molar-refractivity contribution in [1.82, 2.24) is 0 Å². The number of ether oxygens (including phenoxy) is 3. The topological polar surface area (TPSA) is 82.2 Å². The summed E-state index contributed by atoms with van der Waals surface area (Å²) in [6, 6.07) is 0. The zero-order valence-corrected chi connectivity index (χ0v) is 15.0. The fourth-order valence-electron chi connectivity index (χ4n) is 5.20. The normalized spacial score (nSPS) is 43.0. The summed E-state index contributed by atoms with van der Waals surface area (Å²) in [4.78, 5) is 36.3. The van der Waals surface area contributed by atoms with Crippen molar-refractivity contribution in [3.05, 3.63) is 0 Å². The second-order valence-electron chi connectivity index (χ2n) is 8.32. The lowest BCUT2D eigenvalue weighted by Crippen LogP contribution is -2.64. The first kappa shape index (κ1) is 17.4. The SMILES string of the molecule is CC(=O)O[C@@H]1C[C@]2(C)C(=O)[C@@]3(CCC2C(C)(C)[C@H]1OC(C)=O)CO3. The highest BCUT2D eigenvalue weighted by Crippen LogP contribution is 2.61. The van der Waals surface area contributed by atoms with Gasteiger partial charge in [-0.3, -0.25) is 14.4 Å². The van der Waals surface area contributed by atoms with Gasteiger partial charge >= 0.3 is 11.9 Å². The molecular formula is C18H26O6. The van der Waals surface area contributed by atoms with Crippen LogP contribution in [-0.4, -0.2) is 42.1 Å². The number of epoxide rings is 1. The van der Waals surface area contributed by atoms with Gasteiger partial charge in [-0.1, -0.05) is 20.8 Å². The second kappa shape index (κ2) is 5.28. The zero-order chi connectivity index (χ0) is 17.9. The van der Waals surface area contributed by atoms with Gasteiger partial charge in [0.05, 0.1) is 6.61 Å². The molecule has 1 heterocycles. The summed E-state index contributed by atoms with van der Waals surface area (Å²) in [6.07, 6.45) is 0.725. The van der Waals surface area contributed by atoms with Crippen molar-refractivity contribution in [3.63, 3.8) is 0 Å². The van der Waals surface area contributed by atoms with Gasteiger partial charge in [0.15, 0.2) is 11.4 Å². The molecule has 6 nitrogen and oxygen atoms in total. The zero-order valence-electron chi connectivity index (χ0n) is 15.0. The van der Waals surface area contributed by atoms with Crippen molar-refractivity contribution in [2.75, 3.05) is 6.61 Å². The number of ketones is 1. The average molecular weight is 338 g/mol. The lowest BCUT2D eigenvalue weighted by molar-refractivity contribution is -0.212. The van der Waals surface area contributed by atoms with Crippen LogP contribution in [0.1, 0.15) is 53.9 Å². The molecule has 6 heteroatoms. The van der Waals surface area contributed by atoms with Gasteiger partial charge in [-0.15, -0.1) is 0 Å². The van der Waals surface area contributed by atoms with Gasteiger partial charge in [0.25, 0.3) is 0 Å². The van der Waals surface area contributed by atoms with Gasteiger partial charge in [0, 0.05) is 31.1 Å². The largest absolute Gasteiger partial charge is 0.459 e. The van der Waals surface area contributed by atoms with E-state index in [-0.39, 0.29) is 11.7 Å². The van der Waals surface area contributed by atoms with Crippen molar-refractivity contribution in [1.29, 1.82) is 0 Å². The Hall–Kier alpha value is -1.43. The molecular weight excluding hydrogens is 312 g/mol. The Balaban J connectivity index is 1.99. The Morgan fingerprint density at radius 2 is 1.71 bits per heavy atom. The molecule has 5 atom stereocenters. The van der Waals surface area contributed by atoms with Gasteiger partial charge in [-0.25, -0.2) is 0 Å². The van der Waals surface area contributed by atoms with Crippen LogP contribution >= 0.6 is 0 Å². The third-order valence-electron chi connectivity index (χ3n) is 6.24. The maximum atomic E-state index is 13.1. The monoisotopic (exact) mass is 338 g/mol. The molecule has 0 bridgehead atoms. The summed E-state index contributed by atoms with van der Waals surface area (Å²) < 4.78 is 16.5. The summed E-state index contributed by atoms with van der Waals surface area (Å²) in [6.45, 7) is 9.12. The van der Waals surface area contributed by atoms with Gasteiger partial charge in [0.1, 0.15) is 12.2 Å². The van der Waals surface area contributed by atoms with Crippen LogP contribution in [0.15, 0.2) is 0 Å². The highest BCUT2D eigenvalue weighted by molar-refractivity contribution is 5.96. The second-order valence-corrected chi connectivity index (χ2v) is 8.32. The minimum absolute atomic E-state index is 0.0449. The number of fused-ring (bicyclic) bond motifs is 1. The summed E-state index contributed by atoms with van der Waals surface area (Å²) in [5, 5.41) is 0. The smallest absolute Gasteiger partial charge is 0.303 e. The minimum atomic E-state index is -0.644. The molecule has 1 saturated heterocycles. The minimum Gasteiger partial charge on any atom is -0.459 e. The van der Waals surface area contributed by atoms with Crippen molar-refractivity contribution in [2.45, 2.75) is 71.7 Å². The molecule has 0 amide bonds. The van der Waals surface area contributed by atoms with E-state index in [4.69, 9.17) is 14.2 Å². The van der Waals surface area contributed by atoms with Crippen LogP contribution in [0.3, 0.4) is 0 Å². The number of carbonyl (C=O) groups excluding carboxylic acids is 3. The number of rotatable bonds is 2.